The number of aromatic hydroxyl groups is 1. The second-order valence-electron chi connectivity index (χ2n) is 6.25. The zero-order valence-corrected chi connectivity index (χ0v) is 17.6. The van der Waals surface area contributed by atoms with Crippen LogP contribution in [0.4, 0.5) is 5.69 Å². The van der Waals surface area contributed by atoms with Gasteiger partial charge in [0.2, 0.25) is 0 Å². The minimum Gasteiger partial charge on any atom is -0.508 e. The van der Waals surface area contributed by atoms with Gasteiger partial charge in [0, 0.05) is 28.5 Å². The normalized spacial score (nSPS) is 20.3. The van der Waals surface area contributed by atoms with E-state index in [1.807, 2.05) is 0 Å². The van der Waals surface area contributed by atoms with Crippen LogP contribution in [0.3, 0.4) is 0 Å². The van der Waals surface area contributed by atoms with Crippen molar-refractivity contribution in [2.75, 3.05) is 13.2 Å². The quantitative estimate of drug-likeness (QED) is 0.381. The number of non-ortho nitro benzene ring substituents is 1. The fourth-order valence-corrected chi connectivity index (χ4v) is 5.77. The van der Waals surface area contributed by atoms with Crippen LogP contribution in [-0.2, 0) is 19.1 Å². The van der Waals surface area contributed by atoms with Gasteiger partial charge < -0.3 is 19.6 Å². The SMILES string of the molecule is CCOC(=O)C1Sc2[nH]c(=O)sc2C(c2cc([N+](=O)[O-])ccc2O)C1C(=O)OCC. The molecule has 0 spiro atoms. The van der Waals surface area contributed by atoms with E-state index in [2.05, 4.69) is 4.98 Å². The first-order chi connectivity index (χ1) is 14.3. The maximum Gasteiger partial charge on any atom is 0.320 e. The molecule has 160 valence electrons. The Balaban J connectivity index is 2.25. The maximum absolute atomic E-state index is 12.9. The first-order valence-electron chi connectivity index (χ1n) is 8.98. The number of rotatable bonds is 6. The number of aromatic amines is 1. The fraction of sp³-hybridized carbons (Fsp3) is 0.389. The number of carbonyl (C=O) groups excluding carboxylic acids is 2. The van der Waals surface area contributed by atoms with Gasteiger partial charge in [0.15, 0.2) is 0 Å². The number of phenols is 1. The van der Waals surface area contributed by atoms with E-state index in [9.17, 15) is 29.6 Å². The molecule has 2 heterocycles. The van der Waals surface area contributed by atoms with Crippen LogP contribution in [0.5, 0.6) is 5.75 Å². The molecule has 0 aliphatic carbocycles. The summed E-state index contributed by atoms with van der Waals surface area (Å²) in [4.78, 5) is 50.8. The standard InChI is InChI=1S/C18H18N2O8S2/c1-3-27-16(22)12-11(9-7-8(20(25)26)5-6-10(9)21)13-15(19-18(24)30-13)29-14(12)17(23)28-4-2/h5-7,11-12,14,21H,3-4H2,1-2H3,(H,19,24). The summed E-state index contributed by atoms with van der Waals surface area (Å²) in [5.41, 5.74) is -0.255. The maximum atomic E-state index is 12.9. The van der Waals surface area contributed by atoms with Gasteiger partial charge in [-0.2, -0.15) is 0 Å². The number of thioether (sulfide) groups is 1. The highest BCUT2D eigenvalue weighted by atomic mass is 32.2. The second kappa shape index (κ2) is 8.88. The Morgan fingerprint density at radius 3 is 2.53 bits per heavy atom. The van der Waals surface area contributed by atoms with Gasteiger partial charge in [-0.15, -0.1) is 0 Å². The molecule has 30 heavy (non-hydrogen) atoms. The molecule has 0 saturated heterocycles. The highest BCUT2D eigenvalue weighted by Gasteiger charge is 2.50. The van der Waals surface area contributed by atoms with Gasteiger partial charge >= 0.3 is 16.8 Å². The molecule has 0 fully saturated rings. The molecule has 10 nitrogen and oxygen atoms in total. The Labute approximate surface area is 178 Å². The zero-order chi connectivity index (χ0) is 22.0. The average molecular weight is 454 g/mol. The number of aromatic nitrogens is 1. The molecule has 0 saturated carbocycles. The van der Waals surface area contributed by atoms with E-state index in [1.54, 1.807) is 13.8 Å². The fourth-order valence-electron chi connectivity index (χ4n) is 3.31. The highest BCUT2D eigenvalue weighted by molar-refractivity contribution is 8.00. The van der Waals surface area contributed by atoms with E-state index < -0.39 is 38.8 Å². The van der Waals surface area contributed by atoms with Crippen LogP contribution >= 0.6 is 23.1 Å². The lowest BCUT2D eigenvalue weighted by Crippen LogP contribution is -2.41. The number of phenolic OH excluding ortho intramolecular Hbond substituents is 1. The van der Waals surface area contributed by atoms with E-state index in [1.165, 1.54) is 0 Å². The Hall–Kier alpha value is -2.86. The average Bonchev–Trinajstić information content (AvgIpc) is 3.07. The number of nitrogens with zero attached hydrogens (tertiary/aromatic N) is 1. The molecule has 2 N–H and O–H groups in total. The number of nitro benzene ring substituents is 1. The number of thiazole rings is 1. The first kappa shape index (κ1) is 21.8. The molecule has 1 aromatic carbocycles. The number of esters is 2. The van der Waals surface area contributed by atoms with Crippen molar-refractivity contribution in [3.05, 3.63) is 48.4 Å². The monoisotopic (exact) mass is 454 g/mol. The van der Waals surface area contributed by atoms with Crippen molar-refractivity contribution in [3.63, 3.8) is 0 Å². The van der Waals surface area contributed by atoms with Crippen molar-refractivity contribution < 1.29 is 29.1 Å². The van der Waals surface area contributed by atoms with Crippen LogP contribution in [0, 0.1) is 16.0 Å². The number of fused-ring (bicyclic) bond motifs is 1. The lowest BCUT2D eigenvalue weighted by Gasteiger charge is -2.34. The van der Waals surface area contributed by atoms with Crippen molar-refractivity contribution in [3.8, 4) is 5.75 Å². The van der Waals surface area contributed by atoms with Gasteiger partial charge in [-0.05, 0) is 19.9 Å². The van der Waals surface area contributed by atoms with Crippen molar-refractivity contribution in [1.29, 1.82) is 0 Å². The van der Waals surface area contributed by atoms with Gasteiger partial charge in [-0.25, -0.2) is 0 Å². The molecule has 12 heteroatoms. The van der Waals surface area contributed by atoms with E-state index in [4.69, 9.17) is 9.47 Å². The Bertz CT molecular complexity index is 1050. The number of ether oxygens (including phenoxy) is 2. The van der Waals surface area contributed by atoms with Crippen LogP contribution in [0.15, 0.2) is 28.0 Å². The van der Waals surface area contributed by atoms with Crippen molar-refractivity contribution >= 4 is 40.7 Å². The predicted octanol–water partition coefficient (Wildman–Crippen LogP) is 2.40. The molecule has 3 atom stereocenters. The molecular formula is C18H18N2O8S2. The summed E-state index contributed by atoms with van der Waals surface area (Å²) < 4.78 is 10.3. The van der Waals surface area contributed by atoms with Crippen molar-refractivity contribution in [2.24, 2.45) is 5.92 Å². The minimum atomic E-state index is -1.17. The van der Waals surface area contributed by atoms with Crippen LogP contribution < -0.4 is 4.87 Å². The van der Waals surface area contributed by atoms with E-state index in [0.717, 1.165) is 41.3 Å². The number of nitro groups is 1. The number of hydrogen-bond acceptors (Lipinski definition) is 10. The lowest BCUT2D eigenvalue weighted by atomic mass is 9.81. The third-order valence-electron chi connectivity index (χ3n) is 4.49. The number of H-pyrrole nitrogens is 1. The summed E-state index contributed by atoms with van der Waals surface area (Å²) in [5, 5.41) is 21.0. The third-order valence-corrected chi connectivity index (χ3v) is 6.88. The number of hydrogen-bond donors (Lipinski definition) is 2. The van der Waals surface area contributed by atoms with Crippen molar-refractivity contribution in [1.82, 2.24) is 4.98 Å². The number of carbonyl (C=O) groups is 2. The van der Waals surface area contributed by atoms with Gasteiger partial charge in [0.1, 0.15) is 11.0 Å². The third kappa shape index (κ3) is 4.05. The largest absolute Gasteiger partial charge is 0.508 e. The first-order valence-corrected chi connectivity index (χ1v) is 10.7. The Kier molecular flexibility index (Phi) is 6.46. The molecule has 2 aromatic rings. The van der Waals surface area contributed by atoms with E-state index in [-0.39, 0.29) is 30.2 Å². The Morgan fingerprint density at radius 2 is 1.90 bits per heavy atom. The van der Waals surface area contributed by atoms with Crippen LogP contribution in [-0.4, -0.2) is 45.4 Å². The molecule has 1 aromatic heterocycles. The van der Waals surface area contributed by atoms with Crippen molar-refractivity contribution in [2.45, 2.75) is 30.0 Å². The molecule has 1 aliphatic rings. The molecule has 3 unspecified atom stereocenters. The summed E-state index contributed by atoms with van der Waals surface area (Å²) in [6.45, 7) is 3.34. The summed E-state index contributed by atoms with van der Waals surface area (Å²) in [7, 11) is 0. The molecular weight excluding hydrogens is 436 g/mol. The minimum absolute atomic E-state index is 0.0411. The van der Waals surface area contributed by atoms with E-state index in [0.29, 0.717) is 9.90 Å². The lowest BCUT2D eigenvalue weighted by molar-refractivity contribution is -0.385. The van der Waals surface area contributed by atoms with E-state index >= 15 is 0 Å². The zero-order valence-electron chi connectivity index (χ0n) is 15.9. The Morgan fingerprint density at radius 1 is 1.23 bits per heavy atom. The number of nitrogens with one attached hydrogen (secondary N) is 1. The van der Waals surface area contributed by atoms with Crippen LogP contribution in [0.25, 0.3) is 0 Å². The van der Waals surface area contributed by atoms with Gasteiger partial charge in [-0.1, -0.05) is 23.1 Å². The molecule has 0 radical (unpaired) electrons. The predicted molar refractivity (Wildman–Crippen MR) is 108 cm³/mol. The topological polar surface area (TPSA) is 149 Å². The van der Waals surface area contributed by atoms with Crippen LogP contribution in [0.1, 0.15) is 30.2 Å². The van der Waals surface area contributed by atoms with Gasteiger partial charge in [-0.3, -0.25) is 24.5 Å². The highest BCUT2D eigenvalue weighted by Crippen LogP contribution is 2.51. The molecule has 3 rings (SSSR count). The smallest absolute Gasteiger partial charge is 0.320 e. The summed E-state index contributed by atoms with van der Waals surface area (Å²) in [6.07, 6.45) is 0. The molecule has 0 bridgehead atoms. The number of benzene rings is 1. The molecule has 0 amide bonds. The second-order valence-corrected chi connectivity index (χ2v) is 8.42. The summed E-state index contributed by atoms with van der Waals surface area (Å²) in [5.74, 6) is -3.90. The summed E-state index contributed by atoms with van der Waals surface area (Å²) >= 11 is 1.78. The summed E-state index contributed by atoms with van der Waals surface area (Å²) in [6, 6.07) is 3.41. The van der Waals surface area contributed by atoms with Gasteiger partial charge in [0.05, 0.1) is 29.1 Å². The van der Waals surface area contributed by atoms with Gasteiger partial charge in [0.25, 0.3) is 5.69 Å². The molecule has 1 aliphatic heterocycles. The van der Waals surface area contributed by atoms with Crippen LogP contribution in [0.2, 0.25) is 0 Å².